The standard InChI is InChI=1S/C20H25N5O2/c1-2-22-20(24-12-15-6-4-3-5-7-15)25-13-16-8-10-17(11-9-16)19(27)23-14-18(21)26/h3-11H,2,12-14H2,1H3,(H2,21,26)(H,23,27)(H2,22,24,25). The smallest absolute Gasteiger partial charge is 0.251 e. The number of aliphatic imine (C=N–C) groups is 1. The maximum absolute atomic E-state index is 11.9. The Bertz CT molecular complexity index is 773. The number of hydrogen-bond acceptors (Lipinski definition) is 3. The van der Waals surface area contributed by atoms with E-state index in [-0.39, 0.29) is 12.5 Å². The number of benzene rings is 2. The van der Waals surface area contributed by atoms with Crippen LogP contribution in [-0.4, -0.2) is 30.9 Å². The Morgan fingerprint density at radius 1 is 0.926 bits per heavy atom. The topological polar surface area (TPSA) is 109 Å². The summed E-state index contributed by atoms with van der Waals surface area (Å²) in [6.07, 6.45) is 0. The number of nitrogens with one attached hydrogen (secondary N) is 3. The first-order valence-electron chi connectivity index (χ1n) is 8.80. The van der Waals surface area contributed by atoms with Gasteiger partial charge in [0.15, 0.2) is 5.96 Å². The van der Waals surface area contributed by atoms with Gasteiger partial charge in [-0.25, -0.2) is 4.99 Å². The van der Waals surface area contributed by atoms with Gasteiger partial charge in [0.25, 0.3) is 5.91 Å². The number of carbonyl (C=O) groups excluding carboxylic acids is 2. The van der Waals surface area contributed by atoms with Crippen molar-refractivity contribution in [1.82, 2.24) is 16.0 Å². The van der Waals surface area contributed by atoms with Crippen molar-refractivity contribution < 1.29 is 9.59 Å². The Kier molecular flexibility index (Phi) is 7.84. The number of guanidine groups is 1. The van der Waals surface area contributed by atoms with Crippen LogP contribution < -0.4 is 21.7 Å². The molecule has 142 valence electrons. The molecule has 2 amide bonds. The van der Waals surface area contributed by atoms with E-state index in [2.05, 4.69) is 20.9 Å². The van der Waals surface area contributed by atoms with Crippen molar-refractivity contribution >= 4 is 17.8 Å². The molecule has 0 atom stereocenters. The fourth-order valence-electron chi connectivity index (χ4n) is 2.32. The van der Waals surface area contributed by atoms with Crippen LogP contribution in [0.2, 0.25) is 0 Å². The van der Waals surface area contributed by atoms with E-state index in [0.29, 0.717) is 18.7 Å². The first-order valence-corrected chi connectivity index (χ1v) is 8.80. The van der Waals surface area contributed by atoms with Crippen molar-refractivity contribution in [2.24, 2.45) is 10.7 Å². The number of nitrogens with zero attached hydrogens (tertiary/aromatic N) is 1. The van der Waals surface area contributed by atoms with Gasteiger partial charge in [-0.05, 0) is 30.2 Å². The molecule has 0 spiro atoms. The maximum Gasteiger partial charge on any atom is 0.251 e. The van der Waals surface area contributed by atoms with E-state index in [1.54, 1.807) is 12.1 Å². The summed E-state index contributed by atoms with van der Waals surface area (Å²) in [7, 11) is 0. The monoisotopic (exact) mass is 367 g/mol. The summed E-state index contributed by atoms with van der Waals surface area (Å²) in [5.41, 5.74) is 7.64. The summed E-state index contributed by atoms with van der Waals surface area (Å²) in [5, 5.41) is 8.94. The summed E-state index contributed by atoms with van der Waals surface area (Å²) in [6, 6.07) is 17.2. The number of hydrogen-bond donors (Lipinski definition) is 4. The zero-order valence-corrected chi connectivity index (χ0v) is 15.4. The van der Waals surface area contributed by atoms with E-state index in [9.17, 15) is 9.59 Å². The number of nitrogens with two attached hydrogens (primary N) is 1. The molecule has 5 N–H and O–H groups in total. The number of amides is 2. The molecule has 0 saturated carbocycles. The Morgan fingerprint density at radius 3 is 2.26 bits per heavy atom. The lowest BCUT2D eigenvalue weighted by atomic mass is 10.1. The summed E-state index contributed by atoms with van der Waals surface area (Å²) in [6.45, 7) is 3.77. The van der Waals surface area contributed by atoms with Crippen LogP contribution in [0.5, 0.6) is 0 Å². The highest BCUT2D eigenvalue weighted by atomic mass is 16.2. The highest BCUT2D eigenvalue weighted by Gasteiger charge is 2.06. The average Bonchev–Trinajstić information content (AvgIpc) is 2.69. The lowest BCUT2D eigenvalue weighted by Crippen LogP contribution is -2.36. The fraction of sp³-hybridized carbons (Fsp3) is 0.250. The SMILES string of the molecule is CCNC(=NCc1ccccc1)NCc1ccc(C(=O)NCC(N)=O)cc1. The number of rotatable bonds is 8. The van der Waals surface area contributed by atoms with Crippen LogP contribution in [0.25, 0.3) is 0 Å². The van der Waals surface area contributed by atoms with Gasteiger partial charge in [-0.15, -0.1) is 0 Å². The van der Waals surface area contributed by atoms with E-state index >= 15 is 0 Å². The van der Waals surface area contributed by atoms with Crippen molar-refractivity contribution in [3.63, 3.8) is 0 Å². The molecule has 0 fully saturated rings. The second kappa shape index (κ2) is 10.6. The van der Waals surface area contributed by atoms with Gasteiger partial charge in [0.2, 0.25) is 5.91 Å². The summed E-state index contributed by atoms with van der Waals surface area (Å²) in [5.74, 6) is -0.175. The van der Waals surface area contributed by atoms with Gasteiger partial charge in [0.1, 0.15) is 0 Å². The van der Waals surface area contributed by atoms with Crippen LogP contribution in [0.3, 0.4) is 0 Å². The van der Waals surface area contributed by atoms with Gasteiger partial charge in [-0.1, -0.05) is 42.5 Å². The minimum Gasteiger partial charge on any atom is -0.368 e. The van der Waals surface area contributed by atoms with Gasteiger partial charge in [0.05, 0.1) is 13.1 Å². The Labute approximate surface area is 159 Å². The Morgan fingerprint density at radius 2 is 1.63 bits per heavy atom. The molecule has 0 aliphatic heterocycles. The van der Waals surface area contributed by atoms with E-state index in [4.69, 9.17) is 5.73 Å². The third-order valence-electron chi connectivity index (χ3n) is 3.71. The quantitative estimate of drug-likeness (QED) is 0.415. The molecule has 0 heterocycles. The molecule has 7 heteroatoms. The van der Waals surface area contributed by atoms with E-state index in [1.165, 1.54) is 0 Å². The van der Waals surface area contributed by atoms with Crippen LogP contribution in [0.1, 0.15) is 28.4 Å². The highest BCUT2D eigenvalue weighted by molar-refractivity contribution is 5.96. The molecule has 0 bridgehead atoms. The Hall–Kier alpha value is -3.35. The van der Waals surface area contributed by atoms with Crippen LogP contribution >= 0.6 is 0 Å². The second-order valence-corrected chi connectivity index (χ2v) is 5.88. The lowest BCUT2D eigenvalue weighted by molar-refractivity contribution is -0.117. The molecule has 2 aromatic rings. The molecule has 0 aliphatic rings. The van der Waals surface area contributed by atoms with Crippen LogP contribution in [-0.2, 0) is 17.9 Å². The predicted molar refractivity (Wildman–Crippen MR) is 106 cm³/mol. The maximum atomic E-state index is 11.9. The van der Waals surface area contributed by atoms with E-state index in [1.807, 2.05) is 49.4 Å². The van der Waals surface area contributed by atoms with Crippen molar-refractivity contribution in [2.45, 2.75) is 20.0 Å². The molecule has 27 heavy (non-hydrogen) atoms. The minimum absolute atomic E-state index is 0.175. The molecule has 0 unspecified atom stereocenters. The van der Waals surface area contributed by atoms with Crippen molar-refractivity contribution in [3.05, 3.63) is 71.3 Å². The normalized spacial score (nSPS) is 10.9. The van der Waals surface area contributed by atoms with Gasteiger partial charge in [-0.2, -0.15) is 0 Å². The van der Waals surface area contributed by atoms with Gasteiger partial charge in [0, 0.05) is 18.7 Å². The molecule has 7 nitrogen and oxygen atoms in total. The van der Waals surface area contributed by atoms with Crippen molar-refractivity contribution in [1.29, 1.82) is 0 Å². The summed E-state index contributed by atoms with van der Waals surface area (Å²) < 4.78 is 0. The summed E-state index contributed by atoms with van der Waals surface area (Å²) >= 11 is 0. The predicted octanol–water partition coefficient (Wildman–Crippen LogP) is 1.16. The van der Waals surface area contributed by atoms with Gasteiger partial charge in [-0.3, -0.25) is 9.59 Å². The largest absolute Gasteiger partial charge is 0.368 e. The van der Waals surface area contributed by atoms with Crippen molar-refractivity contribution in [2.75, 3.05) is 13.1 Å². The molecular formula is C20H25N5O2. The average molecular weight is 367 g/mol. The number of carbonyl (C=O) groups is 2. The van der Waals surface area contributed by atoms with Gasteiger partial charge < -0.3 is 21.7 Å². The molecular weight excluding hydrogens is 342 g/mol. The first-order chi connectivity index (χ1) is 13.1. The van der Waals surface area contributed by atoms with Gasteiger partial charge >= 0.3 is 0 Å². The third-order valence-corrected chi connectivity index (χ3v) is 3.71. The number of primary amides is 1. The molecule has 2 aromatic carbocycles. The molecule has 0 aliphatic carbocycles. The first kappa shape index (κ1) is 20.0. The molecule has 2 rings (SSSR count). The van der Waals surface area contributed by atoms with Crippen LogP contribution in [0.4, 0.5) is 0 Å². The third kappa shape index (κ3) is 7.19. The van der Waals surface area contributed by atoms with E-state index in [0.717, 1.165) is 23.6 Å². The highest BCUT2D eigenvalue weighted by Crippen LogP contribution is 2.05. The second-order valence-electron chi connectivity index (χ2n) is 5.88. The summed E-state index contributed by atoms with van der Waals surface area (Å²) in [4.78, 5) is 27.2. The molecule has 0 aromatic heterocycles. The molecule has 0 saturated heterocycles. The fourth-order valence-corrected chi connectivity index (χ4v) is 2.32. The van der Waals surface area contributed by atoms with Crippen molar-refractivity contribution in [3.8, 4) is 0 Å². The lowest BCUT2D eigenvalue weighted by Gasteiger charge is -2.12. The molecule has 0 radical (unpaired) electrons. The minimum atomic E-state index is -0.574. The zero-order chi connectivity index (χ0) is 19.5. The zero-order valence-electron chi connectivity index (χ0n) is 15.4. The van der Waals surface area contributed by atoms with Crippen LogP contribution in [0, 0.1) is 0 Å². The van der Waals surface area contributed by atoms with Crippen LogP contribution in [0.15, 0.2) is 59.6 Å². The van der Waals surface area contributed by atoms with E-state index < -0.39 is 5.91 Å². The Balaban J connectivity index is 1.90.